The van der Waals surface area contributed by atoms with Crippen LogP contribution >= 0.6 is 23.2 Å². The van der Waals surface area contributed by atoms with E-state index in [1.807, 2.05) is 12.1 Å². The van der Waals surface area contributed by atoms with Crippen LogP contribution < -0.4 is 0 Å². The van der Waals surface area contributed by atoms with Gasteiger partial charge in [0.05, 0.1) is 15.5 Å². The Hall–Kier alpha value is -0.730. The van der Waals surface area contributed by atoms with E-state index in [1.165, 1.54) is 0 Å². The Balaban J connectivity index is 2.29. The summed E-state index contributed by atoms with van der Waals surface area (Å²) in [4.78, 5) is 11.6. The molecule has 0 saturated heterocycles. The Kier molecular flexibility index (Phi) is 4.18. The summed E-state index contributed by atoms with van der Waals surface area (Å²) in [7, 11) is 0. The second-order valence-corrected chi connectivity index (χ2v) is 5.82. The molecule has 1 aromatic rings. The number of carbonyl (C=O) groups is 1. The molecule has 1 N–H and O–H groups in total. The maximum absolute atomic E-state index is 11.6. The number of carboxylic acid groups (broad SMARTS) is 1. The normalized spacial score (nSPS) is 18.6. The molecule has 1 aliphatic rings. The number of rotatable bonds is 3. The van der Waals surface area contributed by atoms with Gasteiger partial charge < -0.3 is 5.11 Å². The van der Waals surface area contributed by atoms with E-state index >= 15 is 0 Å². The average molecular weight is 287 g/mol. The summed E-state index contributed by atoms with van der Waals surface area (Å²) >= 11 is 12.1. The minimum atomic E-state index is -0.710. The fourth-order valence-electron chi connectivity index (χ4n) is 2.74. The minimum Gasteiger partial charge on any atom is -0.481 e. The van der Waals surface area contributed by atoms with Gasteiger partial charge in [0.2, 0.25) is 0 Å². The van der Waals surface area contributed by atoms with Crippen molar-refractivity contribution in [3.05, 3.63) is 33.8 Å². The zero-order chi connectivity index (χ0) is 13.2. The van der Waals surface area contributed by atoms with Gasteiger partial charge >= 0.3 is 5.97 Å². The fourth-order valence-corrected chi connectivity index (χ4v) is 3.13. The van der Waals surface area contributed by atoms with Crippen molar-refractivity contribution < 1.29 is 9.90 Å². The van der Waals surface area contributed by atoms with Crippen molar-refractivity contribution in [1.29, 1.82) is 0 Å². The van der Waals surface area contributed by atoms with Crippen LogP contribution in [0.1, 0.15) is 37.7 Å². The highest BCUT2D eigenvalue weighted by molar-refractivity contribution is 6.42. The lowest BCUT2D eigenvalue weighted by atomic mass is 9.70. The van der Waals surface area contributed by atoms with Crippen LogP contribution in [0.15, 0.2) is 18.2 Å². The molecule has 4 heteroatoms. The van der Waals surface area contributed by atoms with Gasteiger partial charge in [0.1, 0.15) is 0 Å². The fraction of sp³-hybridized carbons (Fsp3) is 0.500. The number of carboxylic acids is 1. The third kappa shape index (κ3) is 2.65. The molecule has 1 aliphatic carbocycles. The maximum atomic E-state index is 11.6. The first kappa shape index (κ1) is 13.7. The number of hydrogen-bond acceptors (Lipinski definition) is 1. The number of benzene rings is 1. The molecule has 0 atom stereocenters. The summed E-state index contributed by atoms with van der Waals surface area (Å²) in [6, 6.07) is 5.41. The van der Waals surface area contributed by atoms with E-state index in [4.69, 9.17) is 23.2 Å². The highest BCUT2D eigenvalue weighted by Crippen LogP contribution is 2.41. The summed E-state index contributed by atoms with van der Waals surface area (Å²) < 4.78 is 0. The third-order valence-electron chi connectivity index (χ3n) is 3.82. The molecule has 18 heavy (non-hydrogen) atoms. The van der Waals surface area contributed by atoms with Gasteiger partial charge in [-0.2, -0.15) is 0 Å². The lowest BCUT2D eigenvalue weighted by Gasteiger charge is -2.33. The van der Waals surface area contributed by atoms with Crippen molar-refractivity contribution in [3.63, 3.8) is 0 Å². The Morgan fingerprint density at radius 1 is 1.22 bits per heavy atom. The van der Waals surface area contributed by atoms with Crippen LogP contribution in [0.4, 0.5) is 0 Å². The van der Waals surface area contributed by atoms with Crippen LogP contribution in [0.5, 0.6) is 0 Å². The van der Waals surface area contributed by atoms with Crippen LogP contribution in [0.25, 0.3) is 0 Å². The SMILES string of the molecule is O=C(O)C1(Cc2cccc(Cl)c2Cl)CCCCC1. The van der Waals surface area contributed by atoms with Crippen LogP contribution in [0.2, 0.25) is 10.0 Å². The summed E-state index contributed by atoms with van der Waals surface area (Å²) in [5.74, 6) is -0.710. The average Bonchev–Trinajstić information content (AvgIpc) is 2.36. The smallest absolute Gasteiger partial charge is 0.309 e. The lowest BCUT2D eigenvalue weighted by molar-refractivity contribution is -0.151. The molecule has 1 aromatic carbocycles. The van der Waals surface area contributed by atoms with Crippen LogP contribution in [-0.4, -0.2) is 11.1 Å². The third-order valence-corrected chi connectivity index (χ3v) is 4.68. The molecule has 2 rings (SSSR count). The molecule has 0 spiro atoms. The van der Waals surface area contributed by atoms with Crippen LogP contribution in [0, 0.1) is 5.41 Å². The minimum absolute atomic E-state index is 0.474. The van der Waals surface area contributed by atoms with Crippen molar-refractivity contribution in [2.45, 2.75) is 38.5 Å². The lowest BCUT2D eigenvalue weighted by Crippen LogP contribution is -2.35. The standard InChI is InChI=1S/C14H16Cl2O2/c15-11-6-4-5-10(12(11)16)9-14(13(17)18)7-2-1-3-8-14/h4-6H,1-3,7-9H2,(H,17,18). The number of hydrogen-bond donors (Lipinski definition) is 1. The zero-order valence-electron chi connectivity index (χ0n) is 10.1. The molecular formula is C14H16Cl2O2. The van der Waals surface area contributed by atoms with Gasteiger partial charge in [-0.1, -0.05) is 54.6 Å². The monoisotopic (exact) mass is 286 g/mol. The molecule has 1 fully saturated rings. The predicted molar refractivity (Wildman–Crippen MR) is 73.3 cm³/mol. The summed E-state index contributed by atoms with van der Waals surface area (Å²) in [6.45, 7) is 0. The van der Waals surface area contributed by atoms with Gasteiger partial charge in [0.25, 0.3) is 0 Å². The van der Waals surface area contributed by atoms with E-state index in [9.17, 15) is 9.90 Å². The molecule has 0 heterocycles. The molecule has 2 nitrogen and oxygen atoms in total. The maximum Gasteiger partial charge on any atom is 0.309 e. The molecule has 0 radical (unpaired) electrons. The quantitative estimate of drug-likeness (QED) is 0.884. The van der Waals surface area contributed by atoms with Crippen molar-refractivity contribution in [1.82, 2.24) is 0 Å². The van der Waals surface area contributed by atoms with Gasteiger partial charge in [-0.15, -0.1) is 0 Å². The van der Waals surface area contributed by atoms with Gasteiger partial charge in [-0.3, -0.25) is 4.79 Å². The van der Waals surface area contributed by atoms with E-state index in [1.54, 1.807) is 6.07 Å². The van der Waals surface area contributed by atoms with Gasteiger partial charge in [0, 0.05) is 0 Å². The van der Waals surface area contributed by atoms with E-state index in [-0.39, 0.29) is 0 Å². The van der Waals surface area contributed by atoms with E-state index < -0.39 is 11.4 Å². The molecule has 0 aromatic heterocycles. The molecule has 0 unspecified atom stereocenters. The van der Waals surface area contributed by atoms with E-state index in [0.717, 1.165) is 37.7 Å². The second-order valence-electron chi connectivity index (χ2n) is 5.04. The molecule has 1 saturated carbocycles. The molecule has 0 aliphatic heterocycles. The zero-order valence-corrected chi connectivity index (χ0v) is 11.6. The van der Waals surface area contributed by atoms with Crippen molar-refractivity contribution in [2.75, 3.05) is 0 Å². The molecular weight excluding hydrogens is 271 g/mol. The first-order valence-electron chi connectivity index (χ1n) is 6.21. The first-order chi connectivity index (χ1) is 8.55. The summed E-state index contributed by atoms with van der Waals surface area (Å²) in [6.07, 6.45) is 5.01. The summed E-state index contributed by atoms with van der Waals surface area (Å²) in [5.41, 5.74) is 0.181. The van der Waals surface area contributed by atoms with Crippen LogP contribution in [0.3, 0.4) is 0 Å². The largest absolute Gasteiger partial charge is 0.481 e. The Bertz CT molecular complexity index is 451. The van der Waals surface area contributed by atoms with E-state index in [0.29, 0.717) is 16.5 Å². The number of halogens is 2. The van der Waals surface area contributed by atoms with Crippen LogP contribution in [-0.2, 0) is 11.2 Å². The second kappa shape index (κ2) is 5.50. The van der Waals surface area contributed by atoms with Gasteiger partial charge in [0.15, 0.2) is 0 Å². The first-order valence-corrected chi connectivity index (χ1v) is 6.97. The topological polar surface area (TPSA) is 37.3 Å². The summed E-state index contributed by atoms with van der Waals surface area (Å²) in [5, 5.41) is 10.5. The van der Waals surface area contributed by atoms with Crippen molar-refractivity contribution in [3.8, 4) is 0 Å². The van der Waals surface area contributed by atoms with Crippen molar-refractivity contribution >= 4 is 29.2 Å². The Morgan fingerprint density at radius 3 is 2.50 bits per heavy atom. The Morgan fingerprint density at radius 2 is 1.89 bits per heavy atom. The highest BCUT2D eigenvalue weighted by atomic mass is 35.5. The molecule has 0 amide bonds. The molecule has 98 valence electrons. The van der Waals surface area contributed by atoms with Gasteiger partial charge in [-0.25, -0.2) is 0 Å². The van der Waals surface area contributed by atoms with Crippen molar-refractivity contribution in [2.24, 2.45) is 5.41 Å². The highest BCUT2D eigenvalue weighted by Gasteiger charge is 2.40. The molecule has 0 bridgehead atoms. The predicted octanol–water partition coefficient (Wildman–Crippen LogP) is 4.57. The van der Waals surface area contributed by atoms with Gasteiger partial charge in [-0.05, 0) is 30.9 Å². The Labute approximate surface area is 117 Å². The van der Waals surface area contributed by atoms with E-state index in [2.05, 4.69) is 0 Å². The number of aliphatic carboxylic acids is 1.